The van der Waals surface area contributed by atoms with E-state index in [4.69, 9.17) is 4.42 Å². The number of amides is 1. The predicted molar refractivity (Wildman–Crippen MR) is 85.7 cm³/mol. The summed E-state index contributed by atoms with van der Waals surface area (Å²) in [6, 6.07) is 2.12. The highest BCUT2D eigenvalue weighted by Gasteiger charge is 2.53. The Morgan fingerprint density at radius 2 is 1.73 bits per heavy atom. The van der Waals surface area contributed by atoms with E-state index in [1.165, 1.54) is 38.5 Å². The molecule has 1 aromatic heterocycles. The fourth-order valence-corrected chi connectivity index (χ4v) is 5.99. The third-order valence-electron chi connectivity index (χ3n) is 6.64. The molecule has 0 aliphatic heterocycles. The first-order chi connectivity index (χ1) is 10.4. The van der Waals surface area contributed by atoms with Gasteiger partial charge in [-0.2, -0.15) is 0 Å². The van der Waals surface area contributed by atoms with Gasteiger partial charge in [0, 0.05) is 6.04 Å². The number of carbonyl (C=O) groups excluding carboxylic acids is 1. The van der Waals surface area contributed by atoms with E-state index in [2.05, 4.69) is 12.2 Å². The Labute approximate surface area is 132 Å². The molecular weight excluding hydrogens is 274 g/mol. The summed E-state index contributed by atoms with van der Waals surface area (Å²) in [5.41, 5.74) is 1.06. The van der Waals surface area contributed by atoms with Gasteiger partial charge in [-0.3, -0.25) is 4.79 Å². The molecule has 4 bridgehead atoms. The van der Waals surface area contributed by atoms with Gasteiger partial charge in [-0.25, -0.2) is 0 Å². The Kier molecular flexibility index (Phi) is 3.18. The molecule has 5 rings (SSSR count). The first kappa shape index (κ1) is 14.3. The maximum atomic E-state index is 12.6. The van der Waals surface area contributed by atoms with Gasteiger partial charge in [0.15, 0.2) is 0 Å². The van der Waals surface area contributed by atoms with Gasteiger partial charge in [-0.05, 0) is 88.5 Å². The molecular formula is C19H27NO2. The van der Waals surface area contributed by atoms with Gasteiger partial charge in [0.25, 0.3) is 5.91 Å². The maximum absolute atomic E-state index is 12.6. The molecule has 22 heavy (non-hydrogen) atoms. The van der Waals surface area contributed by atoms with Crippen molar-refractivity contribution in [2.75, 3.05) is 0 Å². The second kappa shape index (κ2) is 4.87. The van der Waals surface area contributed by atoms with Crippen molar-refractivity contribution in [1.82, 2.24) is 5.32 Å². The number of aryl methyl sites for hydroxylation is 2. The van der Waals surface area contributed by atoms with Crippen LogP contribution in [-0.2, 0) is 0 Å². The van der Waals surface area contributed by atoms with E-state index < -0.39 is 0 Å². The van der Waals surface area contributed by atoms with E-state index in [1.807, 2.05) is 19.9 Å². The summed E-state index contributed by atoms with van der Waals surface area (Å²) >= 11 is 0. The average Bonchev–Trinajstić information content (AvgIpc) is 2.76. The summed E-state index contributed by atoms with van der Waals surface area (Å²) in [7, 11) is 0. The van der Waals surface area contributed by atoms with Crippen LogP contribution in [0.1, 0.15) is 67.3 Å². The van der Waals surface area contributed by atoms with Crippen molar-refractivity contribution >= 4 is 5.91 Å². The SMILES string of the molecule is Cc1cc(C(=O)N[C@H](C)C23CC4CC(CC(C4)C2)C3)c(C)o1. The van der Waals surface area contributed by atoms with E-state index in [9.17, 15) is 4.79 Å². The van der Waals surface area contributed by atoms with Crippen LogP contribution in [0.2, 0.25) is 0 Å². The van der Waals surface area contributed by atoms with Crippen molar-refractivity contribution < 1.29 is 9.21 Å². The van der Waals surface area contributed by atoms with Crippen LogP contribution in [0.5, 0.6) is 0 Å². The smallest absolute Gasteiger partial charge is 0.255 e. The number of carbonyl (C=O) groups is 1. The topological polar surface area (TPSA) is 42.2 Å². The van der Waals surface area contributed by atoms with Crippen molar-refractivity contribution in [3.8, 4) is 0 Å². The predicted octanol–water partition coefficient (Wildman–Crippen LogP) is 4.23. The third kappa shape index (κ3) is 2.21. The molecule has 3 heteroatoms. The minimum absolute atomic E-state index is 0.0394. The van der Waals surface area contributed by atoms with Crippen LogP contribution in [-0.4, -0.2) is 11.9 Å². The van der Waals surface area contributed by atoms with Crippen LogP contribution in [0.25, 0.3) is 0 Å². The summed E-state index contributed by atoms with van der Waals surface area (Å²) < 4.78 is 5.51. The van der Waals surface area contributed by atoms with Crippen molar-refractivity contribution in [2.24, 2.45) is 23.2 Å². The maximum Gasteiger partial charge on any atom is 0.255 e. The van der Waals surface area contributed by atoms with E-state index in [0.29, 0.717) is 11.0 Å². The molecule has 1 heterocycles. The van der Waals surface area contributed by atoms with Crippen LogP contribution >= 0.6 is 0 Å². The normalized spacial score (nSPS) is 37.3. The summed E-state index contributed by atoms with van der Waals surface area (Å²) in [5, 5.41) is 3.31. The molecule has 4 saturated carbocycles. The summed E-state index contributed by atoms with van der Waals surface area (Å²) in [5.74, 6) is 4.34. The molecule has 1 atom stereocenters. The number of nitrogens with one attached hydrogen (secondary N) is 1. The molecule has 1 aromatic rings. The zero-order valence-electron chi connectivity index (χ0n) is 13.9. The van der Waals surface area contributed by atoms with Crippen molar-refractivity contribution in [2.45, 2.75) is 65.3 Å². The minimum Gasteiger partial charge on any atom is -0.466 e. The lowest BCUT2D eigenvalue weighted by Crippen LogP contribution is -2.55. The molecule has 0 unspecified atom stereocenters. The molecule has 1 N–H and O–H groups in total. The number of rotatable bonds is 3. The number of furan rings is 1. The summed E-state index contributed by atoms with van der Waals surface area (Å²) in [6.45, 7) is 6.00. The highest BCUT2D eigenvalue weighted by molar-refractivity contribution is 5.95. The fraction of sp³-hybridized carbons (Fsp3) is 0.737. The van der Waals surface area contributed by atoms with E-state index >= 15 is 0 Å². The van der Waals surface area contributed by atoms with E-state index in [-0.39, 0.29) is 11.9 Å². The number of hydrogen-bond donors (Lipinski definition) is 1. The quantitative estimate of drug-likeness (QED) is 0.907. The van der Waals surface area contributed by atoms with E-state index in [0.717, 1.165) is 29.3 Å². The Morgan fingerprint density at radius 1 is 1.18 bits per heavy atom. The van der Waals surface area contributed by atoms with Gasteiger partial charge in [0.05, 0.1) is 5.56 Å². The zero-order valence-corrected chi connectivity index (χ0v) is 13.9. The molecule has 0 radical (unpaired) electrons. The first-order valence-electron chi connectivity index (χ1n) is 8.83. The van der Waals surface area contributed by atoms with Crippen LogP contribution < -0.4 is 5.32 Å². The van der Waals surface area contributed by atoms with Crippen LogP contribution in [0, 0.1) is 37.0 Å². The Bertz CT molecular complexity index is 565. The molecule has 1 amide bonds. The standard InChI is InChI=1S/C19H27NO2/c1-11-4-17(12(2)22-11)18(21)20-13(3)19-8-14-5-15(9-19)7-16(6-14)10-19/h4,13-16H,5-10H2,1-3H3,(H,20,21)/t13-,14?,15?,16?,19?/m1/s1. The van der Waals surface area contributed by atoms with Gasteiger partial charge < -0.3 is 9.73 Å². The zero-order chi connectivity index (χ0) is 15.5. The fourth-order valence-electron chi connectivity index (χ4n) is 5.99. The van der Waals surface area contributed by atoms with Crippen molar-refractivity contribution in [3.05, 3.63) is 23.2 Å². The highest BCUT2D eigenvalue weighted by atomic mass is 16.3. The van der Waals surface area contributed by atoms with Crippen LogP contribution in [0.4, 0.5) is 0 Å². The molecule has 4 aliphatic rings. The molecule has 0 aromatic carbocycles. The molecule has 0 spiro atoms. The lowest BCUT2D eigenvalue weighted by molar-refractivity contribution is -0.0688. The summed E-state index contributed by atoms with van der Waals surface area (Å²) in [4.78, 5) is 12.6. The Hall–Kier alpha value is -1.25. The lowest BCUT2D eigenvalue weighted by Gasteiger charge is -2.59. The van der Waals surface area contributed by atoms with Crippen molar-refractivity contribution in [1.29, 1.82) is 0 Å². The molecule has 4 aliphatic carbocycles. The third-order valence-corrected chi connectivity index (χ3v) is 6.64. The van der Waals surface area contributed by atoms with Crippen LogP contribution in [0.3, 0.4) is 0 Å². The number of hydrogen-bond acceptors (Lipinski definition) is 2. The molecule has 0 saturated heterocycles. The van der Waals surface area contributed by atoms with Gasteiger partial charge >= 0.3 is 0 Å². The molecule has 120 valence electrons. The van der Waals surface area contributed by atoms with E-state index in [1.54, 1.807) is 0 Å². The Morgan fingerprint density at radius 3 is 2.18 bits per heavy atom. The molecule has 3 nitrogen and oxygen atoms in total. The summed E-state index contributed by atoms with van der Waals surface area (Å²) in [6.07, 6.45) is 8.30. The van der Waals surface area contributed by atoms with Crippen LogP contribution in [0.15, 0.2) is 10.5 Å². The van der Waals surface area contributed by atoms with Crippen molar-refractivity contribution in [3.63, 3.8) is 0 Å². The first-order valence-corrected chi connectivity index (χ1v) is 8.83. The lowest BCUT2D eigenvalue weighted by atomic mass is 9.48. The van der Waals surface area contributed by atoms with Gasteiger partial charge in [-0.15, -0.1) is 0 Å². The second-order valence-corrected chi connectivity index (χ2v) is 8.30. The second-order valence-electron chi connectivity index (χ2n) is 8.30. The Balaban J connectivity index is 1.51. The van der Waals surface area contributed by atoms with Gasteiger partial charge in [-0.1, -0.05) is 0 Å². The van der Waals surface area contributed by atoms with Gasteiger partial charge in [0.1, 0.15) is 11.5 Å². The monoisotopic (exact) mass is 301 g/mol. The minimum atomic E-state index is 0.0394. The molecule has 4 fully saturated rings. The highest BCUT2D eigenvalue weighted by Crippen LogP contribution is 2.61. The largest absolute Gasteiger partial charge is 0.466 e. The average molecular weight is 301 g/mol. The van der Waals surface area contributed by atoms with Gasteiger partial charge in [0.2, 0.25) is 0 Å².